The first-order valence-corrected chi connectivity index (χ1v) is 11.5. The van der Waals surface area contributed by atoms with Crippen LogP contribution >= 0.6 is 0 Å². The molecule has 1 aromatic heterocycles. The maximum absolute atomic E-state index is 11.7. The standard InChI is InChI=1S/C27H31N5O3/c1-5-26(33)29-23-18-21(11-9-19(23)2)35-27-8-6-7-25(30-27)28-22-12-10-20(17-24(22)34-4)32-15-13-31(3)14-16-32/h5-12,17-18H,1,13-16H2,2-4H3,(H,28,30)(H,29,33). The number of methoxy groups -OCH3 is 1. The van der Waals surface area contributed by atoms with Crippen LogP contribution in [-0.2, 0) is 4.79 Å². The maximum atomic E-state index is 11.7. The molecule has 1 amide bonds. The van der Waals surface area contributed by atoms with E-state index in [1.165, 1.54) is 6.08 Å². The molecule has 0 aliphatic carbocycles. The Hall–Kier alpha value is -4.04. The molecule has 0 bridgehead atoms. The Bertz CT molecular complexity index is 1210. The summed E-state index contributed by atoms with van der Waals surface area (Å²) in [4.78, 5) is 21.0. The van der Waals surface area contributed by atoms with Crippen molar-refractivity contribution in [3.05, 3.63) is 72.8 Å². The SMILES string of the molecule is C=CC(=O)Nc1cc(Oc2cccc(Nc3ccc(N4CCN(C)CC4)cc3OC)n2)ccc1C. The lowest BCUT2D eigenvalue weighted by atomic mass is 10.2. The van der Waals surface area contributed by atoms with Gasteiger partial charge in [-0.2, -0.15) is 4.98 Å². The van der Waals surface area contributed by atoms with Crippen LogP contribution in [0.15, 0.2) is 67.3 Å². The van der Waals surface area contributed by atoms with Gasteiger partial charge in [-0.05, 0) is 49.9 Å². The molecule has 2 N–H and O–H groups in total. The molecule has 8 heteroatoms. The number of anilines is 4. The number of amides is 1. The summed E-state index contributed by atoms with van der Waals surface area (Å²) in [5.41, 5.74) is 3.54. The van der Waals surface area contributed by atoms with Crippen molar-refractivity contribution in [1.29, 1.82) is 0 Å². The van der Waals surface area contributed by atoms with E-state index < -0.39 is 0 Å². The monoisotopic (exact) mass is 473 g/mol. The Morgan fingerprint density at radius 3 is 2.60 bits per heavy atom. The Labute approximate surface area is 206 Å². The number of hydrogen-bond acceptors (Lipinski definition) is 7. The molecule has 2 heterocycles. The zero-order valence-electron chi connectivity index (χ0n) is 20.4. The summed E-state index contributed by atoms with van der Waals surface area (Å²) in [5.74, 6) is 2.08. The number of aromatic nitrogens is 1. The third-order valence-corrected chi connectivity index (χ3v) is 5.91. The van der Waals surface area contributed by atoms with Gasteiger partial charge in [0.25, 0.3) is 0 Å². The van der Waals surface area contributed by atoms with E-state index in [2.05, 4.69) is 51.2 Å². The predicted octanol–water partition coefficient (Wildman–Crippen LogP) is 4.81. The predicted molar refractivity (Wildman–Crippen MR) is 140 cm³/mol. The molecule has 3 aromatic rings. The average Bonchev–Trinajstić information content (AvgIpc) is 2.87. The number of piperazine rings is 1. The van der Waals surface area contributed by atoms with E-state index in [0.29, 0.717) is 23.1 Å². The summed E-state index contributed by atoms with van der Waals surface area (Å²) in [6, 6.07) is 17.1. The molecule has 0 spiro atoms. The molecule has 1 fully saturated rings. The van der Waals surface area contributed by atoms with E-state index in [1.807, 2.05) is 37.3 Å². The fourth-order valence-corrected chi connectivity index (χ4v) is 3.83. The van der Waals surface area contributed by atoms with Crippen LogP contribution in [0.3, 0.4) is 0 Å². The number of likely N-dealkylation sites (N-methyl/N-ethyl adjacent to an activating group) is 1. The number of pyridine rings is 1. The zero-order chi connectivity index (χ0) is 24.8. The van der Waals surface area contributed by atoms with Crippen molar-refractivity contribution >= 4 is 28.8 Å². The molecule has 1 aliphatic heterocycles. The highest BCUT2D eigenvalue weighted by atomic mass is 16.5. The highest BCUT2D eigenvalue weighted by Crippen LogP contribution is 2.33. The van der Waals surface area contributed by atoms with Gasteiger partial charge in [-0.25, -0.2) is 0 Å². The van der Waals surface area contributed by atoms with Crippen LogP contribution in [0.5, 0.6) is 17.4 Å². The minimum Gasteiger partial charge on any atom is -0.494 e. The summed E-state index contributed by atoms with van der Waals surface area (Å²) >= 11 is 0. The fraction of sp³-hybridized carbons (Fsp3) is 0.259. The number of nitrogens with zero attached hydrogens (tertiary/aromatic N) is 3. The molecule has 2 aromatic carbocycles. The molecule has 8 nitrogen and oxygen atoms in total. The van der Waals surface area contributed by atoms with Crippen LogP contribution in [0.4, 0.5) is 22.9 Å². The summed E-state index contributed by atoms with van der Waals surface area (Å²) in [6.45, 7) is 9.47. The van der Waals surface area contributed by atoms with Crippen molar-refractivity contribution in [1.82, 2.24) is 9.88 Å². The topological polar surface area (TPSA) is 79.0 Å². The number of aryl methyl sites for hydroxylation is 1. The lowest BCUT2D eigenvalue weighted by Gasteiger charge is -2.34. The maximum Gasteiger partial charge on any atom is 0.247 e. The van der Waals surface area contributed by atoms with Crippen molar-refractivity contribution in [2.24, 2.45) is 0 Å². The van der Waals surface area contributed by atoms with Gasteiger partial charge in [0.05, 0.1) is 12.8 Å². The van der Waals surface area contributed by atoms with Crippen LogP contribution < -0.4 is 25.0 Å². The van der Waals surface area contributed by atoms with Crippen LogP contribution in [0, 0.1) is 6.92 Å². The smallest absolute Gasteiger partial charge is 0.247 e. The van der Waals surface area contributed by atoms with E-state index in [0.717, 1.165) is 48.9 Å². The van der Waals surface area contributed by atoms with Gasteiger partial charge in [-0.15, -0.1) is 0 Å². The first kappa shape index (κ1) is 24.1. The molecule has 0 atom stereocenters. The molecule has 0 unspecified atom stereocenters. The molecular formula is C27H31N5O3. The molecule has 0 saturated carbocycles. The normalized spacial score (nSPS) is 13.7. The number of rotatable bonds is 8. The highest BCUT2D eigenvalue weighted by Gasteiger charge is 2.16. The van der Waals surface area contributed by atoms with Crippen LogP contribution in [0.1, 0.15) is 5.56 Å². The second kappa shape index (κ2) is 10.9. The number of carbonyl (C=O) groups excluding carboxylic acids is 1. The molecule has 1 saturated heterocycles. The number of carbonyl (C=O) groups is 1. The van der Waals surface area contributed by atoms with Gasteiger partial charge < -0.3 is 29.9 Å². The minimum atomic E-state index is -0.276. The quantitative estimate of drug-likeness (QED) is 0.455. The lowest BCUT2D eigenvalue weighted by Crippen LogP contribution is -2.44. The Kier molecular flexibility index (Phi) is 7.52. The van der Waals surface area contributed by atoms with Crippen molar-refractivity contribution in [2.45, 2.75) is 6.92 Å². The fourth-order valence-electron chi connectivity index (χ4n) is 3.83. The van der Waals surface area contributed by atoms with Gasteiger partial charge >= 0.3 is 0 Å². The number of hydrogen-bond donors (Lipinski definition) is 2. The molecule has 0 radical (unpaired) electrons. The van der Waals surface area contributed by atoms with Gasteiger partial charge in [0.15, 0.2) is 0 Å². The Morgan fingerprint density at radius 1 is 1.06 bits per heavy atom. The third kappa shape index (κ3) is 6.10. The van der Waals surface area contributed by atoms with Crippen LogP contribution in [0.2, 0.25) is 0 Å². The summed E-state index contributed by atoms with van der Waals surface area (Å²) in [7, 11) is 3.82. The van der Waals surface area contributed by atoms with E-state index in [9.17, 15) is 4.79 Å². The molecule has 4 rings (SSSR count). The van der Waals surface area contributed by atoms with Gasteiger partial charge in [0.2, 0.25) is 11.8 Å². The van der Waals surface area contributed by atoms with Gasteiger partial charge in [0.1, 0.15) is 17.3 Å². The van der Waals surface area contributed by atoms with Crippen molar-refractivity contribution in [3.63, 3.8) is 0 Å². The van der Waals surface area contributed by atoms with Crippen LogP contribution in [-0.4, -0.2) is 56.1 Å². The minimum absolute atomic E-state index is 0.276. The number of nitrogens with one attached hydrogen (secondary N) is 2. The summed E-state index contributed by atoms with van der Waals surface area (Å²) in [6.07, 6.45) is 1.23. The van der Waals surface area contributed by atoms with E-state index >= 15 is 0 Å². The molecule has 182 valence electrons. The molecule has 35 heavy (non-hydrogen) atoms. The first-order chi connectivity index (χ1) is 16.9. The Balaban J connectivity index is 1.48. The van der Waals surface area contributed by atoms with E-state index in [-0.39, 0.29) is 5.91 Å². The average molecular weight is 474 g/mol. The first-order valence-electron chi connectivity index (χ1n) is 11.5. The number of ether oxygens (including phenoxy) is 2. The van der Waals surface area contributed by atoms with E-state index in [1.54, 1.807) is 19.2 Å². The third-order valence-electron chi connectivity index (χ3n) is 5.91. The molecule has 1 aliphatic rings. The van der Waals surface area contributed by atoms with Crippen LogP contribution in [0.25, 0.3) is 0 Å². The van der Waals surface area contributed by atoms with Gasteiger partial charge in [-0.1, -0.05) is 18.7 Å². The van der Waals surface area contributed by atoms with E-state index in [4.69, 9.17) is 9.47 Å². The Morgan fingerprint density at radius 2 is 1.86 bits per heavy atom. The van der Waals surface area contributed by atoms with Crippen molar-refractivity contribution in [2.75, 3.05) is 55.9 Å². The van der Waals surface area contributed by atoms with Gasteiger partial charge in [0, 0.05) is 55.8 Å². The zero-order valence-corrected chi connectivity index (χ0v) is 20.4. The lowest BCUT2D eigenvalue weighted by molar-refractivity contribution is -0.111. The second-order valence-corrected chi connectivity index (χ2v) is 8.43. The summed E-state index contributed by atoms with van der Waals surface area (Å²) < 4.78 is 11.6. The van der Waals surface area contributed by atoms with Crippen molar-refractivity contribution < 1.29 is 14.3 Å². The molecular weight excluding hydrogens is 442 g/mol. The highest BCUT2D eigenvalue weighted by molar-refractivity contribution is 5.99. The summed E-state index contributed by atoms with van der Waals surface area (Å²) in [5, 5.41) is 6.11. The second-order valence-electron chi connectivity index (χ2n) is 8.43. The largest absolute Gasteiger partial charge is 0.494 e. The number of benzene rings is 2. The van der Waals surface area contributed by atoms with Crippen molar-refractivity contribution in [3.8, 4) is 17.4 Å². The van der Waals surface area contributed by atoms with Gasteiger partial charge in [-0.3, -0.25) is 4.79 Å².